The predicted octanol–water partition coefficient (Wildman–Crippen LogP) is 4.06. The van der Waals surface area contributed by atoms with Gasteiger partial charge in [-0.05, 0) is 62.7 Å². The molecule has 0 radical (unpaired) electrons. The highest BCUT2D eigenvalue weighted by atomic mass is 35.5. The van der Waals surface area contributed by atoms with Crippen LogP contribution in [0, 0.1) is 0 Å². The smallest absolute Gasteiger partial charge is 0.319 e. The van der Waals surface area contributed by atoms with Gasteiger partial charge in [0.25, 0.3) is 5.91 Å². The number of aromatic nitrogens is 2. The lowest BCUT2D eigenvalue weighted by Gasteiger charge is -2.32. The van der Waals surface area contributed by atoms with Gasteiger partial charge in [0, 0.05) is 117 Å². The highest BCUT2D eigenvalue weighted by molar-refractivity contribution is 6.34. The van der Waals surface area contributed by atoms with Gasteiger partial charge >= 0.3 is 23.9 Å². The van der Waals surface area contributed by atoms with E-state index in [4.69, 9.17) is 56.7 Å². The van der Waals surface area contributed by atoms with Crippen molar-refractivity contribution in [2.75, 3.05) is 164 Å². The average molecular weight is 1200 g/mol. The first-order chi connectivity index (χ1) is 39.7. The number of nitrogens with one attached hydrogen (secondary N) is 3. The second-order valence-electron chi connectivity index (χ2n) is 20.6. The molecular formula is C56H76Cl2N10O15. The Bertz CT molecular complexity index is 2800. The summed E-state index contributed by atoms with van der Waals surface area (Å²) in [4.78, 5) is 83.0. The standard InChI is InChI=1S/C56H76Cl2N10O15/c1-56(2,3)63(4)54(76)52-45-37-83-47-32-46(78-5)43(31-44(47)53(45)68(62-52)42-29-39(57)28-40(58)30-42)38-7-6-8-41(27-38)61-55(77)60-10-20-80-22-24-82-26-25-81-23-21-79-19-9-59-48(69)33-64-11-13-65(34-49(70)71)15-17-67(36-51(74)75)18-16-66(14-12-64)35-50(72)73/h6-8,27-32H,9-26,33-37H2,1-5H3,(H,59,69)(H,70,71)(H,72,73)(H,74,75)(H2,60,61,77). The Kier molecular flexibility index (Phi) is 25.6. The molecule has 2 aliphatic rings. The number of rotatable bonds is 28. The minimum atomic E-state index is -1.03. The fourth-order valence-electron chi connectivity index (χ4n) is 9.00. The molecule has 25 nitrogen and oxygen atoms in total. The number of halogens is 2. The number of carbonyl (C=O) groups is 6. The quantitative estimate of drug-likeness (QED) is 0.0437. The van der Waals surface area contributed by atoms with Gasteiger partial charge in [-0.1, -0.05) is 35.3 Å². The van der Waals surface area contributed by atoms with E-state index < -0.39 is 29.5 Å². The minimum Gasteiger partial charge on any atom is -0.496 e. The van der Waals surface area contributed by atoms with Crippen LogP contribution in [0.1, 0.15) is 36.8 Å². The Morgan fingerprint density at radius 3 is 1.64 bits per heavy atom. The van der Waals surface area contributed by atoms with Gasteiger partial charge in [-0.25, -0.2) is 9.48 Å². The van der Waals surface area contributed by atoms with Crippen molar-refractivity contribution < 1.29 is 72.5 Å². The molecule has 0 saturated carbocycles. The van der Waals surface area contributed by atoms with Crippen molar-refractivity contribution in [2.24, 2.45) is 0 Å². The Hall–Kier alpha value is -6.65. The molecule has 3 heterocycles. The molecule has 3 aromatic carbocycles. The van der Waals surface area contributed by atoms with Gasteiger partial charge < -0.3 is 64.6 Å². The fraction of sp³-hybridized carbons (Fsp3) is 0.518. The number of amides is 4. The monoisotopic (exact) mass is 1200 g/mol. The number of aliphatic carboxylic acids is 3. The van der Waals surface area contributed by atoms with E-state index in [0.717, 1.165) is 5.56 Å². The average Bonchev–Trinajstić information content (AvgIpc) is 3.66. The van der Waals surface area contributed by atoms with Gasteiger partial charge in [0.1, 0.15) is 18.1 Å². The zero-order valence-electron chi connectivity index (χ0n) is 47.6. The number of carboxylic acids is 3. The molecule has 27 heteroatoms. The number of nitrogens with zero attached hydrogens (tertiary/aromatic N) is 7. The molecule has 1 saturated heterocycles. The summed E-state index contributed by atoms with van der Waals surface area (Å²) in [6.07, 6.45) is 0. The molecule has 0 aliphatic carbocycles. The van der Waals surface area contributed by atoms with E-state index in [-0.39, 0.29) is 103 Å². The van der Waals surface area contributed by atoms with Crippen LogP contribution >= 0.6 is 23.2 Å². The van der Waals surface area contributed by atoms with Crippen LogP contribution in [-0.2, 0) is 44.7 Å². The van der Waals surface area contributed by atoms with Crippen molar-refractivity contribution in [2.45, 2.75) is 32.9 Å². The first-order valence-corrected chi connectivity index (χ1v) is 27.9. The number of hydrogen-bond acceptors (Lipinski definition) is 17. The molecule has 6 rings (SSSR count). The summed E-state index contributed by atoms with van der Waals surface area (Å²) in [6.45, 7) is 10.4. The number of anilines is 1. The van der Waals surface area contributed by atoms with Gasteiger partial charge in [0.15, 0.2) is 5.69 Å². The molecule has 454 valence electrons. The molecule has 0 unspecified atom stereocenters. The number of carboxylic acid groups (broad SMARTS) is 3. The zero-order valence-corrected chi connectivity index (χ0v) is 49.1. The Morgan fingerprint density at radius 1 is 0.651 bits per heavy atom. The highest BCUT2D eigenvalue weighted by Gasteiger charge is 2.35. The zero-order chi connectivity index (χ0) is 60.1. The third-order valence-electron chi connectivity index (χ3n) is 13.5. The normalized spacial score (nSPS) is 14.7. The molecule has 6 N–H and O–H groups in total. The Labute approximate surface area is 492 Å². The fourth-order valence-corrected chi connectivity index (χ4v) is 9.52. The van der Waals surface area contributed by atoms with Gasteiger partial charge in [-0.15, -0.1) is 0 Å². The van der Waals surface area contributed by atoms with E-state index >= 15 is 0 Å². The lowest BCUT2D eigenvalue weighted by atomic mass is 9.95. The van der Waals surface area contributed by atoms with Gasteiger partial charge in [-0.2, -0.15) is 5.10 Å². The van der Waals surface area contributed by atoms with E-state index in [1.54, 1.807) is 68.8 Å². The Morgan fingerprint density at radius 2 is 1.14 bits per heavy atom. The molecule has 1 fully saturated rings. The topological polar surface area (TPSA) is 289 Å². The highest BCUT2D eigenvalue weighted by Crippen LogP contribution is 2.47. The molecule has 83 heavy (non-hydrogen) atoms. The molecule has 0 atom stereocenters. The van der Waals surface area contributed by atoms with Crippen LogP contribution in [-0.4, -0.2) is 250 Å². The first-order valence-electron chi connectivity index (χ1n) is 27.2. The van der Waals surface area contributed by atoms with Gasteiger partial charge in [-0.3, -0.25) is 43.6 Å². The maximum absolute atomic E-state index is 14.0. The molecule has 0 spiro atoms. The summed E-state index contributed by atoms with van der Waals surface area (Å²) >= 11 is 13.0. The largest absolute Gasteiger partial charge is 0.496 e. The molecular weight excluding hydrogens is 1120 g/mol. The van der Waals surface area contributed by atoms with Crippen molar-refractivity contribution in [3.63, 3.8) is 0 Å². The van der Waals surface area contributed by atoms with Crippen LogP contribution in [0.25, 0.3) is 28.1 Å². The SMILES string of the molecule is COc1cc2c(cc1-c1cccc(NC(=O)NCCOCCOCCOCCOCCNC(=O)CN3CCN(CC(=O)O)CCN(CC(=O)O)CCN(CC(=O)O)CC3)c1)-c1c(c(C(=O)N(C)C(C)(C)C)nn1-c1cc(Cl)cc(Cl)c1)CO2. The first kappa shape index (κ1) is 65.5. The van der Waals surface area contributed by atoms with Crippen LogP contribution < -0.4 is 25.4 Å². The number of urea groups is 1. The number of carbonyl (C=O) groups excluding carboxylic acids is 3. The van der Waals surface area contributed by atoms with Crippen LogP contribution in [0.15, 0.2) is 54.6 Å². The van der Waals surface area contributed by atoms with E-state index in [1.807, 2.05) is 49.9 Å². The van der Waals surface area contributed by atoms with Crippen LogP contribution in [0.5, 0.6) is 11.5 Å². The molecule has 0 bridgehead atoms. The summed E-state index contributed by atoms with van der Waals surface area (Å²) in [7, 11) is 3.30. The maximum atomic E-state index is 14.0. The van der Waals surface area contributed by atoms with Crippen molar-refractivity contribution in [3.8, 4) is 39.6 Å². The third-order valence-corrected chi connectivity index (χ3v) is 14.0. The number of benzene rings is 3. The molecule has 2 aliphatic heterocycles. The van der Waals surface area contributed by atoms with Crippen molar-refractivity contribution >= 4 is 64.6 Å². The Balaban J connectivity index is 0.869. The summed E-state index contributed by atoms with van der Waals surface area (Å²) in [6, 6.07) is 15.6. The van der Waals surface area contributed by atoms with Crippen LogP contribution in [0.3, 0.4) is 0 Å². The molecule has 4 amide bonds. The predicted molar refractivity (Wildman–Crippen MR) is 309 cm³/mol. The molecule has 4 aromatic rings. The number of hydrogen-bond donors (Lipinski definition) is 6. The van der Waals surface area contributed by atoms with Crippen LogP contribution in [0.4, 0.5) is 10.5 Å². The minimum absolute atomic E-state index is 0.00517. The third kappa shape index (κ3) is 20.9. The van der Waals surface area contributed by atoms with E-state index in [9.17, 15) is 44.1 Å². The maximum Gasteiger partial charge on any atom is 0.319 e. The van der Waals surface area contributed by atoms with E-state index in [1.165, 1.54) is 0 Å². The lowest BCUT2D eigenvalue weighted by Crippen LogP contribution is -2.50. The number of methoxy groups -OCH3 is 1. The summed E-state index contributed by atoms with van der Waals surface area (Å²) < 4.78 is 36.2. The number of ether oxygens (including phenoxy) is 6. The summed E-state index contributed by atoms with van der Waals surface area (Å²) in [5.41, 5.74) is 4.13. The summed E-state index contributed by atoms with van der Waals surface area (Å²) in [5.74, 6) is -2.59. The van der Waals surface area contributed by atoms with Crippen LogP contribution in [0.2, 0.25) is 10.0 Å². The van der Waals surface area contributed by atoms with E-state index in [2.05, 4.69) is 16.0 Å². The van der Waals surface area contributed by atoms with Crippen molar-refractivity contribution in [1.82, 2.24) is 44.9 Å². The molecule has 1 aromatic heterocycles. The summed E-state index contributed by atoms with van der Waals surface area (Å²) in [5, 5.41) is 42.4. The van der Waals surface area contributed by atoms with E-state index in [0.29, 0.717) is 121 Å². The van der Waals surface area contributed by atoms with Crippen molar-refractivity contribution in [1.29, 1.82) is 0 Å². The van der Waals surface area contributed by atoms with Gasteiger partial charge in [0.2, 0.25) is 5.91 Å². The van der Waals surface area contributed by atoms with Gasteiger partial charge in [0.05, 0.1) is 97.5 Å². The second kappa shape index (κ2) is 32.4. The van der Waals surface area contributed by atoms with Crippen molar-refractivity contribution in [3.05, 3.63) is 75.9 Å². The second-order valence-corrected chi connectivity index (χ2v) is 21.5. The number of fused-ring (bicyclic) bond motifs is 3. The lowest BCUT2D eigenvalue weighted by molar-refractivity contribution is -0.140.